The molecule has 13 heavy (non-hydrogen) atoms. The van der Waals surface area contributed by atoms with Gasteiger partial charge in [-0.2, -0.15) is 0 Å². The molecule has 0 spiro atoms. The molecule has 0 N–H and O–H groups in total. The quantitative estimate of drug-likeness (QED) is 0.573. The van der Waals surface area contributed by atoms with Crippen molar-refractivity contribution in [1.29, 1.82) is 0 Å². The summed E-state index contributed by atoms with van der Waals surface area (Å²) < 4.78 is 0. The van der Waals surface area contributed by atoms with Crippen molar-refractivity contribution >= 4 is 0 Å². The van der Waals surface area contributed by atoms with E-state index in [1.165, 1.54) is 12.8 Å². The Kier molecular flexibility index (Phi) is 5.14. The predicted octanol–water partition coefficient (Wildman–Crippen LogP) is 4.11. The maximum absolute atomic E-state index is 3.33. The normalized spacial score (nSPS) is 13.8. The van der Waals surface area contributed by atoms with Crippen molar-refractivity contribution in [2.45, 2.75) is 54.4 Å². The lowest BCUT2D eigenvalue weighted by molar-refractivity contribution is 0.506. The molecule has 1 unspecified atom stereocenters. The first kappa shape index (κ1) is 12.6. The lowest BCUT2D eigenvalue weighted by Gasteiger charge is -2.10. The molecule has 0 amide bonds. The van der Waals surface area contributed by atoms with Crippen LogP contribution in [0.5, 0.6) is 0 Å². The highest BCUT2D eigenvalue weighted by atomic mass is 14.1. The maximum atomic E-state index is 3.33. The van der Waals surface area contributed by atoms with E-state index in [0.29, 0.717) is 5.92 Å². The molecular formula is C13H24. The molecule has 0 aromatic rings. The van der Waals surface area contributed by atoms with Gasteiger partial charge in [-0.15, -0.1) is 0 Å². The zero-order chi connectivity index (χ0) is 10.5. The third-order valence-corrected chi connectivity index (χ3v) is 1.87. The molecule has 0 rings (SSSR count). The van der Waals surface area contributed by atoms with Gasteiger partial charge >= 0.3 is 0 Å². The van der Waals surface area contributed by atoms with E-state index in [1.807, 2.05) is 0 Å². The van der Waals surface area contributed by atoms with E-state index in [4.69, 9.17) is 0 Å². The number of rotatable bonds is 3. The Morgan fingerprint density at radius 2 is 1.54 bits per heavy atom. The van der Waals surface area contributed by atoms with Gasteiger partial charge in [-0.3, -0.25) is 0 Å². The molecule has 0 saturated heterocycles. The summed E-state index contributed by atoms with van der Waals surface area (Å²) in [5.41, 5.74) is 0.159. The van der Waals surface area contributed by atoms with Crippen molar-refractivity contribution in [2.75, 3.05) is 0 Å². The smallest absolute Gasteiger partial charge is 0.0230 e. The fourth-order valence-corrected chi connectivity index (χ4v) is 0.995. The molecule has 0 aromatic heterocycles. The van der Waals surface area contributed by atoms with Crippen molar-refractivity contribution in [2.24, 2.45) is 17.3 Å². The topological polar surface area (TPSA) is 0 Å². The zero-order valence-corrected chi connectivity index (χ0v) is 10.1. The van der Waals surface area contributed by atoms with Gasteiger partial charge < -0.3 is 0 Å². The standard InChI is InChI=1S/C13H24/c1-11(2)7-8-12(3)9-10-13(4,5)6/h11-12H,7-8H2,1-6H3. The van der Waals surface area contributed by atoms with E-state index < -0.39 is 0 Å². The van der Waals surface area contributed by atoms with E-state index in [0.717, 1.165) is 5.92 Å². The highest BCUT2D eigenvalue weighted by molar-refractivity contribution is 5.09. The van der Waals surface area contributed by atoms with Crippen LogP contribution in [0.4, 0.5) is 0 Å². The Labute approximate surface area is 84.1 Å². The molecule has 0 heterocycles. The Balaban J connectivity index is 3.84. The molecule has 76 valence electrons. The first-order valence-electron chi connectivity index (χ1n) is 5.34. The Hall–Kier alpha value is -0.440. The second kappa shape index (κ2) is 5.32. The van der Waals surface area contributed by atoms with Crippen LogP contribution in [0.1, 0.15) is 54.4 Å². The van der Waals surface area contributed by atoms with E-state index in [2.05, 4.69) is 53.4 Å². The van der Waals surface area contributed by atoms with E-state index in [1.54, 1.807) is 0 Å². The number of hydrogen-bond acceptors (Lipinski definition) is 0. The Bertz CT molecular complexity index is 182. The van der Waals surface area contributed by atoms with Crippen molar-refractivity contribution < 1.29 is 0 Å². The van der Waals surface area contributed by atoms with Crippen LogP contribution in [0, 0.1) is 29.1 Å². The van der Waals surface area contributed by atoms with Gasteiger partial charge in [0.15, 0.2) is 0 Å². The van der Waals surface area contributed by atoms with Gasteiger partial charge in [-0.05, 0) is 39.5 Å². The van der Waals surface area contributed by atoms with Crippen molar-refractivity contribution in [3.8, 4) is 11.8 Å². The molecule has 0 radical (unpaired) electrons. The summed E-state index contributed by atoms with van der Waals surface area (Å²) in [6, 6.07) is 0. The fourth-order valence-electron chi connectivity index (χ4n) is 0.995. The molecule has 0 heteroatoms. The highest BCUT2D eigenvalue weighted by Gasteiger charge is 2.05. The lowest BCUT2D eigenvalue weighted by Crippen LogP contribution is -2.01. The first-order chi connectivity index (χ1) is 5.81. The molecule has 0 aromatic carbocycles. The second-order valence-electron chi connectivity index (χ2n) is 5.39. The summed E-state index contributed by atoms with van der Waals surface area (Å²) >= 11 is 0. The molecule has 1 atom stereocenters. The van der Waals surface area contributed by atoms with Crippen LogP contribution >= 0.6 is 0 Å². The third-order valence-electron chi connectivity index (χ3n) is 1.87. The fraction of sp³-hybridized carbons (Fsp3) is 0.846. The number of hydrogen-bond donors (Lipinski definition) is 0. The van der Waals surface area contributed by atoms with Crippen molar-refractivity contribution in [3.05, 3.63) is 0 Å². The summed E-state index contributed by atoms with van der Waals surface area (Å²) in [7, 11) is 0. The molecule has 0 bridgehead atoms. The maximum Gasteiger partial charge on any atom is 0.0230 e. The van der Waals surface area contributed by atoms with Crippen molar-refractivity contribution in [3.63, 3.8) is 0 Å². The minimum absolute atomic E-state index is 0.159. The van der Waals surface area contributed by atoms with Crippen LogP contribution in [-0.2, 0) is 0 Å². The van der Waals surface area contributed by atoms with E-state index >= 15 is 0 Å². The van der Waals surface area contributed by atoms with Crippen LogP contribution in [-0.4, -0.2) is 0 Å². The monoisotopic (exact) mass is 180 g/mol. The average molecular weight is 180 g/mol. The SMILES string of the molecule is CC(C)CCC(C)C#CC(C)(C)C. The first-order valence-corrected chi connectivity index (χ1v) is 5.34. The van der Waals surface area contributed by atoms with E-state index in [-0.39, 0.29) is 5.41 Å². The molecule has 0 aliphatic carbocycles. The summed E-state index contributed by atoms with van der Waals surface area (Å²) in [6.45, 7) is 13.2. The van der Waals surface area contributed by atoms with Gasteiger partial charge in [-0.1, -0.05) is 32.6 Å². The molecule has 0 aliphatic heterocycles. The minimum atomic E-state index is 0.159. The molecule has 0 fully saturated rings. The molecule has 0 aliphatic rings. The van der Waals surface area contributed by atoms with Crippen LogP contribution in [0.3, 0.4) is 0 Å². The minimum Gasteiger partial charge on any atom is -0.0996 e. The van der Waals surface area contributed by atoms with Gasteiger partial charge in [0, 0.05) is 11.3 Å². The van der Waals surface area contributed by atoms with Crippen LogP contribution in [0.15, 0.2) is 0 Å². The van der Waals surface area contributed by atoms with Gasteiger partial charge in [-0.25, -0.2) is 0 Å². The average Bonchev–Trinajstić information content (AvgIpc) is 1.95. The van der Waals surface area contributed by atoms with Crippen molar-refractivity contribution in [1.82, 2.24) is 0 Å². The summed E-state index contributed by atoms with van der Waals surface area (Å²) in [5.74, 6) is 7.98. The zero-order valence-electron chi connectivity index (χ0n) is 10.1. The van der Waals surface area contributed by atoms with Gasteiger partial charge in [0.2, 0.25) is 0 Å². The van der Waals surface area contributed by atoms with Crippen LogP contribution < -0.4 is 0 Å². The summed E-state index contributed by atoms with van der Waals surface area (Å²) in [6.07, 6.45) is 2.53. The van der Waals surface area contributed by atoms with Gasteiger partial charge in [0.25, 0.3) is 0 Å². The van der Waals surface area contributed by atoms with Gasteiger partial charge in [0.1, 0.15) is 0 Å². The Morgan fingerprint density at radius 1 is 1.00 bits per heavy atom. The third kappa shape index (κ3) is 9.47. The largest absolute Gasteiger partial charge is 0.0996 e. The van der Waals surface area contributed by atoms with Crippen LogP contribution in [0.2, 0.25) is 0 Å². The van der Waals surface area contributed by atoms with Gasteiger partial charge in [0.05, 0.1) is 0 Å². The lowest BCUT2D eigenvalue weighted by atomic mass is 9.94. The molecule has 0 saturated carbocycles. The summed E-state index contributed by atoms with van der Waals surface area (Å²) in [4.78, 5) is 0. The van der Waals surface area contributed by atoms with Crippen LogP contribution in [0.25, 0.3) is 0 Å². The highest BCUT2D eigenvalue weighted by Crippen LogP contribution is 2.14. The van der Waals surface area contributed by atoms with E-state index in [9.17, 15) is 0 Å². The Morgan fingerprint density at radius 3 is 1.92 bits per heavy atom. The molecule has 0 nitrogen and oxygen atoms in total. The molecular weight excluding hydrogens is 156 g/mol. The predicted molar refractivity (Wildman–Crippen MR) is 60.5 cm³/mol. The summed E-state index contributed by atoms with van der Waals surface area (Å²) in [5, 5.41) is 0. The second-order valence-corrected chi connectivity index (χ2v) is 5.39.